The molecule has 3 heterocycles. The number of amides is 1. The smallest absolute Gasteiger partial charge is 0.410 e. The Hall–Kier alpha value is -2.48. The van der Waals surface area contributed by atoms with Gasteiger partial charge in [0.25, 0.3) is 0 Å². The summed E-state index contributed by atoms with van der Waals surface area (Å²) in [4.78, 5) is 24.4. The van der Waals surface area contributed by atoms with Crippen LogP contribution in [0.15, 0.2) is 29.0 Å². The van der Waals surface area contributed by atoms with Gasteiger partial charge in [0.2, 0.25) is 11.7 Å². The molecular formula is C17H23N5O3. The van der Waals surface area contributed by atoms with E-state index in [-0.39, 0.29) is 6.09 Å². The first-order valence-electron chi connectivity index (χ1n) is 8.34. The third-order valence-corrected chi connectivity index (χ3v) is 3.79. The highest BCUT2D eigenvalue weighted by Gasteiger charge is 2.26. The van der Waals surface area contributed by atoms with Crippen LogP contribution in [0, 0.1) is 0 Å². The van der Waals surface area contributed by atoms with Gasteiger partial charge in [0.05, 0.1) is 6.54 Å². The van der Waals surface area contributed by atoms with E-state index >= 15 is 0 Å². The quantitative estimate of drug-likeness (QED) is 0.843. The second-order valence-corrected chi connectivity index (χ2v) is 6.99. The molecule has 0 radical (unpaired) electrons. The van der Waals surface area contributed by atoms with Gasteiger partial charge in [-0.25, -0.2) is 4.79 Å². The van der Waals surface area contributed by atoms with Crippen molar-refractivity contribution < 1.29 is 14.1 Å². The molecule has 0 N–H and O–H groups in total. The number of hydrogen-bond donors (Lipinski definition) is 0. The molecule has 0 unspecified atom stereocenters. The maximum atomic E-state index is 12.1. The van der Waals surface area contributed by atoms with Gasteiger partial charge in [0.1, 0.15) is 5.60 Å². The Kier molecular flexibility index (Phi) is 4.98. The lowest BCUT2D eigenvalue weighted by Crippen LogP contribution is -2.49. The molecule has 1 amide bonds. The topological polar surface area (TPSA) is 84.6 Å². The molecule has 8 nitrogen and oxygen atoms in total. The minimum Gasteiger partial charge on any atom is -0.444 e. The van der Waals surface area contributed by atoms with Crippen LogP contribution in [0.3, 0.4) is 0 Å². The van der Waals surface area contributed by atoms with Crippen LogP contribution in [-0.4, -0.2) is 62.8 Å². The van der Waals surface area contributed by atoms with Gasteiger partial charge in [-0.2, -0.15) is 4.98 Å². The summed E-state index contributed by atoms with van der Waals surface area (Å²) in [5, 5.41) is 4.01. The molecule has 0 saturated carbocycles. The fraction of sp³-hybridized carbons (Fsp3) is 0.529. The number of carbonyl (C=O) groups is 1. The summed E-state index contributed by atoms with van der Waals surface area (Å²) in [5.74, 6) is 1.13. The van der Waals surface area contributed by atoms with Gasteiger partial charge in [0, 0.05) is 44.1 Å². The lowest BCUT2D eigenvalue weighted by molar-refractivity contribution is 0.0132. The monoisotopic (exact) mass is 345 g/mol. The lowest BCUT2D eigenvalue weighted by Gasteiger charge is -2.34. The van der Waals surface area contributed by atoms with E-state index in [4.69, 9.17) is 9.26 Å². The summed E-state index contributed by atoms with van der Waals surface area (Å²) in [6.07, 6.45) is 3.13. The number of aromatic nitrogens is 3. The van der Waals surface area contributed by atoms with Crippen molar-refractivity contribution in [3.63, 3.8) is 0 Å². The molecule has 1 aliphatic rings. The molecule has 0 aromatic carbocycles. The molecule has 2 aromatic rings. The van der Waals surface area contributed by atoms with Gasteiger partial charge in [-0.3, -0.25) is 9.88 Å². The minimum atomic E-state index is -0.471. The third-order valence-electron chi connectivity index (χ3n) is 3.79. The van der Waals surface area contributed by atoms with Crippen molar-refractivity contribution in [2.45, 2.75) is 32.9 Å². The maximum Gasteiger partial charge on any atom is 0.410 e. The van der Waals surface area contributed by atoms with E-state index in [9.17, 15) is 4.79 Å². The van der Waals surface area contributed by atoms with Gasteiger partial charge < -0.3 is 14.2 Å². The van der Waals surface area contributed by atoms with E-state index in [2.05, 4.69) is 20.0 Å². The Balaban J connectivity index is 1.51. The Morgan fingerprint density at radius 1 is 1.20 bits per heavy atom. The fourth-order valence-electron chi connectivity index (χ4n) is 2.54. The first-order chi connectivity index (χ1) is 11.9. The molecule has 1 fully saturated rings. The first-order valence-corrected chi connectivity index (χ1v) is 8.34. The standard InChI is InChI=1S/C17H23N5O3/c1-17(2,3)24-16(23)22-10-8-21(9-11-22)12-14-19-15(20-25-14)13-4-6-18-7-5-13/h4-7H,8-12H2,1-3H3. The predicted octanol–water partition coefficient (Wildman–Crippen LogP) is 2.18. The predicted molar refractivity (Wildman–Crippen MR) is 90.6 cm³/mol. The Morgan fingerprint density at radius 3 is 2.52 bits per heavy atom. The van der Waals surface area contributed by atoms with Crippen LogP contribution in [-0.2, 0) is 11.3 Å². The van der Waals surface area contributed by atoms with Crippen LogP contribution in [0.1, 0.15) is 26.7 Å². The van der Waals surface area contributed by atoms with Crippen LogP contribution in [0.25, 0.3) is 11.4 Å². The molecule has 2 aromatic heterocycles. The van der Waals surface area contributed by atoms with Crippen molar-refractivity contribution in [2.24, 2.45) is 0 Å². The summed E-state index contributed by atoms with van der Waals surface area (Å²) >= 11 is 0. The number of pyridine rings is 1. The van der Waals surface area contributed by atoms with Crippen molar-refractivity contribution in [1.82, 2.24) is 24.9 Å². The molecule has 8 heteroatoms. The van der Waals surface area contributed by atoms with Gasteiger partial charge in [-0.15, -0.1) is 0 Å². The van der Waals surface area contributed by atoms with E-state index in [0.29, 0.717) is 31.3 Å². The van der Waals surface area contributed by atoms with E-state index < -0.39 is 5.60 Å². The zero-order valence-electron chi connectivity index (χ0n) is 14.8. The van der Waals surface area contributed by atoms with E-state index in [1.165, 1.54) is 0 Å². The fourth-order valence-corrected chi connectivity index (χ4v) is 2.54. The van der Waals surface area contributed by atoms with Gasteiger partial charge in [-0.05, 0) is 32.9 Å². The number of nitrogens with zero attached hydrogens (tertiary/aromatic N) is 5. The second kappa shape index (κ2) is 7.18. The Morgan fingerprint density at radius 2 is 1.88 bits per heavy atom. The molecule has 1 aliphatic heterocycles. The Bertz CT molecular complexity index is 703. The highest BCUT2D eigenvalue weighted by molar-refractivity contribution is 5.68. The second-order valence-electron chi connectivity index (χ2n) is 6.99. The molecule has 3 rings (SSSR count). The molecule has 0 spiro atoms. The molecule has 1 saturated heterocycles. The summed E-state index contributed by atoms with van der Waals surface area (Å²) in [7, 11) is 0. The largest absolute Gasteiger partial charge is 0.444 e. The number of hydrogen-bond acceptors (Lipinski definition) is 7. The van der Waals surface area contributed by atoms with E-state index in [1.54, 1.807) is 17.3 Å². The van der Waals surface area contributed by atoms with Crippen molar-refractivity contribution in [2.75, 3.05) is 26.2 Å². The van der Waals surface area contributed by atoms with Crippen LogP contribution in [0.5, 0.6) is 0 Å². The summed E-state index contributed by atoms with van der Waals surface area (Å²) in [5.41, 5.74) is 0.404. The molecule has 0 aliphatic carbocycles. The summed E-state index contributed by atoms with van der Waals surface area (Å²) in [6, 6.07) is 3.68. The molecule has 134 valence electrons. The van der Waals surface area contributed by atoms with Crippen molar-refractivity contribution >= 4 is 6.09 Å². The highest BCUT2D eigenvalue weighted by atomic mass is 16.6. The number of ether oxygens (including phenoxy) is 1. The average Bonchev–Trinajstić information content (AvgIpc) is 3.03. The van der Waals surface area contributed by atoms with Gasteiger partial charge in [-0.1, -0.05) is 5.16 Å². The van der Waals surface area contributed by atoms with Crippen LogP contribution < -0.4 is 0 Å². The SMILES string of the molecule is CC(C)(C)OC(=O)N1CCN(Cc2nc(-c3ccncc3)no2)CC1. The van der Waals surface area contributed by atoms with Crippen molar-refractivity contribution in [3.8, 4) is 11.4 Å². The summed E-state index contributed by atoms with van der Waals surface area (Å²) < 4.78 is 10.7. The molecule has 0 bridgehead atoms. The van der Waals surface area contributed by atoms with Gasteiger partial charge >= 0.3 is 6.09 Å². The molecular weight excluding hydrogens is 322 g/mol. The van der Waals surface area contributed by atoms with E-state index in [1.807, 2.05) is 32.9 Å². The van der Waals surface area contributed by atoms with Gasteiger partial charge in [0.15, 0.2) is 0 Å². The normalized spacial score (nSPS) is 16.0. The van der Waals surface area contributed by atoms with Crippen molar-refractivity contribution in [1.29, 1.82) is 0 Å². The maximum absolute atomic E-state index is 12.1. The zero-order valence-corrected chi connectivity index (χ0v) is 14.8. The van der Waals surface area contributed by atoms with E-state index in [0.717, 1.165) is 18.7 Å². The third kappa shape index (κ3) is 4.76. The number of rotatable bonds is 3. The number of carbonyl (C=O) groups excluding carboxylic acids is 1. The number of piperazine rings is 1. The highest BCUT2D eigenvalue weighted by Crippen LogP contribution is 2.16. The molecule has 0 atom stereocenters. The molecule has 25 heavy (non-hydrogen) atoms. The minimum absolute atomic E-state index is 0.259. The summed E-state index contributed by atoms with van der Waals surface area (Å²) in [6.45, 7) is 8.92. The van der Waals surface area contributed by atoms with Crippen LogP contribution >= 0.6 is 0 Å². The van der Waals surface area contributed by atoms with Crippen molar-refractivity contribution in [3.05, 3.63) is 30.4 Å². The average molecular weight is 345 g/mol. The first kappa shape index (κ1) is 17.3. The van der Waals surface area contributed by atoms with Crippen LogP contribution in [0.4, 0.5) is 4.79 Å². The lowest BCUT2D eigenvalue weighted by atomic mass is 10.2. The zero-order chi connectivity index (χ0) is 17.9. The Labute approximate surface area is 146 Å². The van der Waals surface area contributed by atoms with Crippen LogP contribution in [0.2, 0.25) is 0 Å².